The molecule has 0 rings (SSSR count). The highest BCUT2D eigenvalue weighted by atomic mass is 16.4. The van der Waals surface area contributed by atoms with Crippen LogP contribution in [0.3, 0.4) is 0 Å². The van der Waals surface area contributed by atoms with Crippen molar-refractivity contribution < 1.29 is 14.7 Å². The predicted molar refractivity (Wildman–Crippen MR) is 66.9 cm³/mol. The normalized spacial score (nSPS) is 9.71. The van der Waals surface area contributed by atoms with E-state index in [1.165, 1.54) is 0 Å². The second-order valence-electron chi connectivity index (χ2n) is 4.12. The third kappa shape index (κ3) is 12.4. The molecule has 98 valence electrons. The molecule has 0 fully saturated rings. The van der Waals surface area contributed by atoms with Gasteiger partial charge in [-0.05, 0) is 19.8 Å². The topological polar surface area (TPSA) is 78.4 Å². The Kier molecular flexibility index (Phi) is 8.82. The lowest BCUT2D eigenvalue weighted by Gasteiger charge is -2.06. The van der Waals surface area contributed by atoms with Crippen molar-refractivity contribution in [2.24, 2.45) is 0 Å². The van der Waals surface area contributed by atoms with Crippen molar-refractivity contribution in [2.75, 3.05) is 13.1 Å². The van der Waals surface area contributed by atoms with Gasteiger partial charge in [-0.2, -0.15) is 0 Å². The molecule has 0 radical (unpaired) electrons. The molecule has 0 aliphatic carbocycles. The second kappa shape index (κ2) is 9.69. The average molecular weight is 242 g/mol. The van der Waals surface area contributed by atoms with Crippen molar-refractivity contribution in [1.82, 2.24) is 10.6 Å². The highest BCUT2D eigenvalue weighted by Gasteiger charge is 1.99. The number of urea groups is 1. The maximum atomic E-state index is 11.2. The molecule has 0 aliphatic heterocycles. The van der Waals surface area contributed by atoms with E-state index in [0.29, 0.717) is 19.5 Å². The van der Waals surface area contributed by atoms with Crippen LogP contribution >= 0.6 is 0 Å². The molecule has 5 heteroatoms. The Morgan fingerprint density at radius 2 is 1.76 bits per heavy atom. The van der Waals surface area contributed by atoms with Gasteiger partial charge >= 0.3 is 12.0 Å². The molecule has 2 amide bonds. The number of amides is 2. The first kappa shape index (κ1) is 15.5. The van der Waals surface area contributed by atoms with Gasteiger partial charge in [-0.3, -0.25) is 4.79 Å². The molecular formula is C12H22N2O3. The Balaban J connectivity index is 3.24. The minimum absolute atomic E-state index is 0.182. The summed E-state index contributed by atoms with van der Waals surface area (Å²) in [6.07, 6.45) is 3.64. The molecule has 3 N–H and O–H groups in total. The number of carbonyl (C=O) groups is 2. The zero-order valence-electron chi connectivity index (χ0n) is 10.4. The fraction of sp³-hybridized carbons (Fsp3) is 0.667. The van der Waals surface area contributed by atoms with Gasteiger partial charge in [-0.15, -0.1) is 0 Å². The number of carboxylic acids is 1. The number of unbranched alkanes of at least 4 members (excludes halogenated alkanes) is 3. The van der Waals surface area contributed by atoms with Gasteiger partial charge in [0.25, 0.3) is 0 Å². The summed E-state index contributed by atoms with van der Waals surface area (Å²) in [6.45, 7) is 6.64. The van der Waals surface area contributed by atoms with Crippen LogP contribution in [0.2, 0.25) is 0 Å². The van der Waals surface area contributed by atoms with Crippen LogP contribution in [-0.2, 0) is 4.79 Å². The number of nitrogens with one attached hydrogen (secondary N) is 2. The second-order valence-corrected chi connectivity index (χ2v) is 4.12. The maximum Gasteiger partial charge on any atom is 0.315 e. The Morgan fingerprint density at radius 1 is 1.12 bits per heavy atom. The Hall–Kier alpha value is -1.52. The minimum atomic E-state index is -0.748. The third-order valence-electron chi connectivity index (χ3n) is 2.15. The number of hydrogen-bond donors (Lipinski definition) is 3. The maximum absolute atomic E-state index is 11.2. The predicted octanol–water partition coefficient (Wildman–Crippen LogP) is 1.90. The summed E-state index contributed by atoms with van der Waals surface area (Å²) in [5, 5.41) is 13.8. The summed E-state index contributed by atoms with van der Waals surface area (Å²) < 4.78 is 0. The zero-order valence-corrected chi connectivity index (χ0v) is 10.4. The average Bonchev–Trinajstić information content (AvgIpc) is 2.24. The molecule has 0 heterocycles. The molecule has 0 unspecified atom stereocenters. The first-order valence-corrected chi connectivity index (χ1v) is 5.90. The number of rotatable bonds is 9. The van der Waals surface area contributed by atoms with Crippen LogP contribution in [0.25, 0.3) is 0 Å². The van der Waals surface area contributed by atoms with E-state index >= 15 is 0 Å². The summed E-state index contributed by atoms with van der Waals surface area (Å²) >= 11 is 0. The molecule has 5 nitrogen and oxygen atoms in total. The summed E-state index contributed by atoms with van der Waals surface area (Å²) in [5.41, 5.74) is 0.911. The first-order valence-electron chi connectivity index (χ1n) is 5.90. The molecule has 0 aromatic heterocycles. The molecule has 0 aliphatic rings. The Labute approximate surface area is 102 Å². The minimum Gasteiger partial charge on any atom is -0.481 e. The molecule has 0 bridgehead atoms. The lowest BCUT2D eigenvalue weighted by atomic mass is 10.1. The van der Waals surface area contributed by atoms with E-state index in [2.05, 4.69) is 17.2 Å². The Bertz CT molecular complexity index is 264. The van der Waals surface area contributed by atoms with E-state index in [9.17, 15) is 9.59 Å². The Morgan fingerprint density at radius 3 is 2.35 bits per heavy atom. The monoisotopic (exact) mass is 242 g/mol. The standard InChI is InChI=1S/C12H22N2O3/c1-10(2)9-14-12(17)13-8-6-4-3-5-7-11(15)16/h1,3-9H2,2H3,(H,15,16)(H2,13,14,17). The van der Waals surface area contributed by atoms with Gasteiger partial charge in [0.05, 0.1) is 0 Å². The molecular weight excluding hydrogens is 220 g/mol. The van der Waals surface area contributed by atoms with E-state index in [1.807, 2.05) is 6.92 Å². The van der Waals surface area contributed by atoms with Gasteiger partial charge in [0.15, 0.2) is 0 Å². The van der Waals surface area contributed by atoms with E-state index < -0.39 is 5.97 Å². The van der Waals surface area contributed by atoms with Crippen LogP contribution in [0.5, 0.6) is 0 Å². The highest BCUT2D eigenvalue weighted by Crippen LogP contribution is 2.01. The zero-order chi connectivity index (χ0) is 13.1. The quantitative estimate of drug-likeness (QED) is 0.427. The van der Waals surface area contributed by atoms with Crippen molar-refractivity contribution >= 4 is 12.0 Å². The van der Waals surface area contributed by atoms with Crippen molar-refractivity contribution in [3.05, 3.63) is 12.2 Å². The number of aliphatic carboxylic acids is 1. The van der Waals surface area contributed by atoms with Crippen molar-refractivity contribution in [3.63, 3.8) is 0 Å². The summed E-state index contributed by atoms with van der Waals surface area (Å²) in [4.78, 5) is 21.4. The highest BCUT2D eigenvalue weighted by molar-refractivity contribution is 5.74. The molecule has 0 spiro atoms. The first-order chi connectivity index (χ1) is 8.02. The summed E-state index contributed by atoms with van der Waals surface area (Å²) in [7, 11) is 0. The lowest BCUT2D eigenvalue weighted by molar-refractivity contribution is -0.137. The molecule has 0 atom stereocenters. The molecule has 0 saturated carbocycles. The number of carbonyl (C=O) groups excluding carboxylic acids is 1. The SMILES string of the molecule is C=C(C)CNC(=O)NCCCCCCC(=O)O. The van der Waals surface area contributed by atoms with Gasteiger partial charge in [0.2, 0.25) is 0 Å². The van der Waals surface area contributed by atoms with Crippen LogP contribution in [-0.4, -0.2) is 30.2 Å². The summed E-state index contributed by atoms with van der Waals surface area (Å²) in [6, 6.07) is -0.182. The van der Waals surface area contributed by atoms with Crippen molar-refractivity contribution in [1.29, 1.82) is 0 Å². The smallest absolute Gasteiger partial charge is 0.315 e. The van der Waals surface area contributed by atoms with E-state index in [1.54, 1.807) is 0 Å². The molecule has 0 saturated heterocycles. The van der Waals surface area contributed by atoms with Crippen LogP contribution in [0.4, 0.5) is 4.79 Å². The van der Waals surface area contributed by atoms with Gasteiger partial charge in [0, 0.05) is 19.5 Å². The van der Waals surface area contributed by atoms with E-state index in [0.717, 1.165) is 24.8 Å². The van der Waals surface area contributed by atoms with Crippen molar-refractivity contribution in [3.8, 4) is 0 Å². The molecule has 0 aromatic rings. The van der Waals surface area contributed by atoms with Crippen molar-refractivity contribution in [2.45, 2.75) is 39.0 Å². The van der Waals surface area contributed by atoms with E-state index in [4.69, 9.17) is 5.11 Å². The molecule has 0 aromatic carbocycles. The van der Waals surface area contributed by atoms with Gasteiger partial charge in [-0.25, -0.2) is 4.79 Å². The fourth-order valence-corrected chi connectivity index (χ4v) is 1.25. The van der Waals surface area contributed by atoms with Gasteiger partial charge in [-0.1, -0.05) is 25.0 Å². The largest absolute Gasteiger partial charge is 0.481 e. The fourth-order valence-electron chi connectivity index (χ4n) is 1.25. The van der Waals surface area contributed by atoms with Crippen LogP contribution in [0.15, 0.2) is 12.2 Å². The number of carboxylic acid groups (broad SMARTS) is 1. The summed E-state index contributed by atoms with van der Waals surface area (Å²) in [5.74, 6) is -0.748. The third-order valence-corrected chi connectivity index (χ3v) is 2.15. The number of hydrogen-bond acceptors (Lipinski definition) is 2. The van der Waals surface area contributed by atoms with E-state index in [-0.39, 0.29) is 12.5 Å². The van der Waals surface area contributed by atoms with Crippen LogP contribution < -0.4 is 10.6 Å². The van der Waals surface area contributed by atoms with Gasteiger partial charge in [0.1, 0.15) is 0 Å². The van der Waals surface area contributed by atoms with Crippen LogP contribution in [0.1, 0.15) is 39.0 Å². The van der Waals surface area contributed by atoms with Crippen LogP contribution in [0, 0.1) is 0 Å². The van der Waals surface area contributed by atoms with Gasteiger partial charge < -0.3 is 15.7 Å². The lowest BCUT2D eigenvalue weighted by Crippen LogP contribution is -2.36. The molecule has 17 heavy (non-hydrogen) atoms.